The molecule has 0 aliphatic carbocycles. The number of nitrogens with zero attached hydrogens (tertiary/aromatic N) is 2. The van der Waals surface area contributed by atoms with Crippen molar-refractivity contribution in [2.45, 2.75) is 33.1 Å². The van der Waals surface area contributed by atoms with Crippen LogP contribution in [-0.2, 0) is 19.3 Å². The molecule has 0 unspecified atom stereocenters. The molecule has 0 saturated carbocycles. The minimum absolute atomic E-state index is 0. The normalized spacial score (nSPS) is 11.1. The zero-order chi connectivity index (χ0) is 17.2. The Morgan fingerprint density at radius 3 is 2.76 bits per heavy atom. The number of benzene rings is 1. The lowest BCUT2D eigenvalue weighted by atomic mass is 10.1. The van der Waals surface area contributed by atoms with E-state index in [0.29, 0.717) is 13.1 Å². The van der Waals surface area contributed by atoms with Gasteiger partial charge in [0.2, 0.25) is 0 Å². The van der Waals surface area contributed by atoms with Crippen molar-refractivity contribution in [1.29, 1.82) is 0 Å². The van der Waals surface area contributed by atoms with Crippen molar-refractivity contribution in [3.8, 4) is 0 Å². The minimum Gasteiger partial charge on any atom is -0.357 e. The first-order chi connectivity index (χ1) is 11.7. The molecule has 2 rings (SSSR count). The lowest BCUT2D eigenvalue weighted by molar-refractivity contribution is 0.625. The van der Waals surface area contributed by atoms with Crippen LogP contribution in [0.5, 0.6) is 0 Å². The first-order valence-electron chi connectivity index (χ1n) is 8.41. The Hall–Kier alpha value is -1.22. The Bertz CT molecular complexity index is 660. The van der Waals surface area contributed by atoms with Crippen LogP contribution in [0.4, 0.5) is 4.39 Å². The highest BCUT2D eigenvalue weighted by Crippen LogP contribution is 2.13. The van der Waals surface area contributed by atoms with E-state index in [1.807, 2.05) is 19.2 Å². The molecule has 0 amide bonds. The van der Waals surface area contributed by atoms with Gasteiger partial charge >= 0.3 is 0 Å². The highest BCUT2D eigenvalue weighted by Gasteiger charge is 2.02. The Morgan fingerprint density at radius 2 is 2.08 bits per heavy atom. The average molecular weight is 476 g/mol. The summed E-state index contributed by atoms with van der Waals surface area (Å²) in [5.41, 5.74) is 0.980. The van der Waals surface area contributed by atoms with E-state index in [2.05, 4.69) is 27.5 Å². The van der Waals surface area contributed by atoms with Gasteiger partial charge in [0.05, 0.1) is 5.01 Å². The van der Waals surface area contributed by atoms with Crippen molar-refractivity contribution in [2.75, 3.05) is 19.6 Å². The number of aliphatic imine (C=N–C) groups is 1. The number of halogens is 2. The number of guanidine groups is 1. The standard InChI is InChI=1S/C18H25FN4S.HI/c1-3-16-13-23-17(24-16)9-11-22-18(20-4-2)21-10-8-14-6-5-7-15(19)12-14;/h5-7,12-13H,3-4,8-11H2,1-2H3,(H2,20,21,22);1H. The lowest BCUT2D eigenvalue weighted by Gasteiger charge is -2.11. The topological polar surface area (TPSA) is 49.3 Å². The summed E-state index contributed by atoms with van der Waals surface area (Å²) in [5.74, 6) is 0.601. The van der Waals surface area contributed by atoms with Crippen LogP contribution < -0.4 is 10.6 Å². The third-order valence-corrected chi connectivity index (χ3v) is 4.69. The predicted molar refractivity (Wildman–Crippen MR) is 115 cm³/mol. The van der Waals surface area contributed by atoms with Crippen molar-refractivity contribution in [3.05, 3.63) is 51.7 Å². The van der Waals surface area contributed by atoms with Crippen LogP contribution in [-0.4, -0.2) is 30.6 Å². The molecule has 7 heteroatoms. The predicted octanol–water partition coefficient (Wildman–Crippen LogP) is 3.80. The molecule has 138 valence electrons. The van der Waals surface area contributed by atoms with E-state index >= 15 is 0 Å². The fourth-order valence-electron chi connectivity index (χ4n) is 2.25. The molecule has 0 atom stereocenters. The summed E-state index contributed by atoms with van der Waals surface area (Å²) < 4.78 is 13.2. The second-order valence-corrected chi connectivity index (χ2v) is 6.59. The quantitative estimate of drug-likeness (QED) is 0.346. The second-order valence-electron chi connectivity index (χ2n) is 5.39. The largest absolute Gasteiger partial charge is 0.357 e. The monoisotopic (exact) mass is 476 g/mol. The Balaban J connectivity index is 0.00000312. The minimum atomic E-state index is -0.192. The highest BCUT2D eigenvalue weighted by molar-refractivity contribution is 14.0. The summed E-state index contributed by atoms with van der Waals surface area (Å²) in [4.78, 5) is 10.3. The maximum absolute atomic E-state index is 13.2. The number of hydrogen-bond acceptors (Lipinski definition) is 3. The molecule has 0 bridgehead atoms. The zero-order valence-electron chi connectivity index (χ0n) is 14.7. The summed E-state index contributed by atoms with van der Waals surface area (Å²) in [6, 6.07) is 6.70. The van der Waals surface area contributed by atoms with Gasteiger partial charge in [-0.25, -0.2) is 9.37 Å². The van der Waals surface area contributed by atoms with Gasteiger partial charge in [-0.3, -0.25) is 4.99 Å². The maximum atomic E-state index is 13.2. The van der Waals surface area contributed by atoms with Gasteiger partial charge in [-0.15, -0.1) is 35.3 Å². The summed E-state index contributed by atoms with van der Waals surface area (Å²) >= 11 is 1.76. The van der Waals surface area contributed by atoms with Crippen molar-refractivity contribution in [3.63, 3.8) is 0 Å². The van der Waals surface area contributed by atoms with E-state index in [4.69, 9.17) is 0 Å². The van der Waals surface area contributed by atoms with Gasteiger partial charge < -0.3 is 10.6 Å². The number of hydrogen-bond donors (Lipinski definition) is 2. The molecule has 0 fully saturated rings. The maximum Gasteiger partial charge on any atom is 0.191 e. The van der Waals surface area contributed by atoms with E-state index in [1.165, 1.54) is 10.9 Å². The first kappa shape index (κ1) is 21.8. The van der Waals surface area contributed by atoms with Gasteiger partial charge in [0.1, 0.15) is 5.82 Å². The molecule has 2 aromatic rings. The van der Waals surface area contributed by atoms with E-state index in [-0.39, 0.29) is 29.8 Å². The van der Waals surface area contributed by atoms with E-state index < -0.39 is 0 Å². The molecule has 0 spiro atoms. The average Bonchev–Trinajstić information content (AvgIpc) is 3.03. The van der Waals surface area contributed by atoms with Gasteiger partial charge in [-0.05, 0) is 37.5 Å². The van der Waals surface area contributed by atoms with Crippen LogP contribution in [0, 0.1) is 5.82 Å². The van der Waals surface area contributed by atoms with Crippen LogP contribution in [0.1, 0.15) is 29.3 Å². The molecule has 0 radical (unpaired) electrons. The van der Waals surface area contributed by atoms with Crippen molar-refractivity contribution < 1.29 is 4.39 Å². The fraction of sp³-hybridized carbons (Fsp3) is 0.444. The summed E-state index contributed by atoms with van der Waals surface area (Å²) in [7, 11) is 0. The van der Waals surface area contributed by atoms with Crippen LogP contribution >= 0.6 is 35.3 Å². The molecule has 0 aliphatic rings. The SMILES string of the molecule is CCNC(=NCCc1ncc(CC)s1)NCCc1cccc(F)c1.I. The molecular weight excluding hydrogens is 450 g/mol. The molecule has 25 heavy (non-hydrogen) atoms. The highest BCUT2D eigenvalue weighted by atomic mass is 127. The smallest absolute Gasteiger partial charge is 0.191 e. The second kappa shape index (κ2) is 12.2. The molecular formula is C18H26FIN4S. The summed E-state index contributed by atoms with van der Waals surface area (Å²) in [5, 5.41) is 7.65. The molecule has 1 heterocycles. The van der Waals surface area contributed by atoms with Crippen molar-refractivity contribution in [1.82, 2.24) is 15.6 Å². The van der Waals surface area contributed by atoms with Crippen LogP contribution in [0.25, 0.3) is 0 Å². The van der Waals surface area contributed by atoms with Gasteiger partial charge in [0.15, 0.2) is 5.96 Å². The van der Waals surface area contributed by atoms with Gasteiger partial charge in [-0.2, -0.15) is 0 Å². The lowest BCUT2D eigenvalue weighted by Crippen LogP contribution is -2.38. The van der Waals surface area contributed by atoms with E-state index in [9.17, 15) is 4.39 Å². The van der Waals surface area contributed by atoms with Gasteiger partial charge in [0, 0.05) is 37.1 Å². The Labute approximate surface area is 170 Å². The van der Waals surface area contributed by atoms with Gasteiger partial charge in [-0.1, -0.05) is 19.1 Å². The van der Waals surface area contributed by atoms with Crippen molar-refractivity contribution in [2.24, 2.45) is 4.99 Å². The molecule has 2 N–H and O–H groups in total. The summed E-state index contributed by atoms with van der Waals surface area (Å²) in [6.45, 7) is 6.40. The van der Waals surface area contributed by atoms with Crippen LogP contribution in [0.3, 0.4) is 0 Å². The number of nitrogens with one attached hydrogen (secondary N) is 2. The number of aromatic nitrogens is 1. The molecule has 1 aromatic heterocycles. The van der Waals surface area contributed by atoms with Crippen LogP contribution in [0.2, 0.25) is 0 Å². The number of aryl methyl sites for hydroxylation is 1. The molecule has 0 saturated heterocycles. The number of thiazole rings is 1. The molecule has 1 aromatic carbocycles. The van der Waals surface area contributed by atoms with Gasteiger partial charge in [0.25, 0.3) is 0 Å². The van der Waals surface area contributed by atoms with Crippen LogP contribution in [0.15, 0.2) is 35.5 Å². The van der Waals surface area contributed by atoms with E-state index in [0.717, 1.165) is 42.3 Å². The fourth-order valence-corrected chi connectivity index (χ4v) is 3.10. The third kappa shape index (κ3) is 8.13. The van der Waals surface area contributed by atoms with Crippen molar-refractivity contribution >= 4 is 41.3 Å². The molecule has 4 nitrogen and oxygen atoms in total. The molecule has 0 aliphatic heterocycles. The third-order valence-electron chi connectivity index (χ3n) is 3.48. The zero-order valence-corrected chi connectivity index (χ0v) is 17.9. The Kier molecular flexibility index (Phi) is 10.6. The summed E-state index contributed by atoms with van der Waals surface area (Å²) in [6.07, 6.45) is 4.59. The first-order valence-corrected chi connectivity index (χ1v) is 9.23. The van der Waals surface area contributed by atoms with E-state index in [1.54, 1.807) is 23.5 Å². The Morgan fingerprint density at radius 1 is 1.24 bits per heavy atom. The number of rotatable bonds is 8.